The van der Waals surface area contributed by atoms with Gasteiger partial charge in [-0.1, -0.05) is 23.5 Å². The number of aromatic nitrogens is 1. The van der Waals surface area contributed by atoms with Gasteiger partial charge in [0.1, 0.15) is 17.2 Å². The lowest BCUT2D eigenvalue weighted by atomic mass is 9.95. The molecule has 0 spiro atoms. The fraction of sp³-hybridized carbons (Fsp3) is 0.321. The van der Waals surface area contributed by atoms with E-state index in [0.717, 1.165) is 4.47 Å². The highest BCUT2D eigenvalue weighted by molar-refractivity contribution is 9.10. The van der Waals surface area contributed by atoms with Gasteiger partial charge in [-0.15, -0.1) is 0 Å². The van der Waals surface area contributed by atoms with E-state index in [-0.39, 0.29) is 12.2 Å². The fourth-order valence-corrected chi connectivity index (χ4v) is 5.78. The van der Waals surface area contributed by atoms with Crippen LogP contribution in [0.3, 0.4) is 0 Å². The first-order valence-corrected chi connectivity index (χ1v) is 13.9. The number of hydrogen-bond acceptors (Lipinski definition) is 8. The van der Waals surface area contributed by atoms with Crippen molar-refractivity contribution in [1.29, 1.82) is 0 Å². The van der Waals surface area contributed by atoms with E-state index in [4.69, 9.17) is 18.9 Å². The standard InChI is InChI=1S/C28H29BrN2O6S/c1-6-35-21-15-22(36-7-2)20(29)13-18(21)14-23-26(32)31-25(17-10-9-11-19(12-17)34-5)24(27(33)37-8-3)16(4)30-28(31)38-23/h9-15,25H,6-8H2,1-5H3/b23-14-/t25-/m0/s1. The maximum Gasteiger partial charge on any atom is 0.338 e. The summed E-state index contributed by atoms with van der Waals surface area (Å²) in [6.45, 7) is 8.47. The monoisotopic (exact) mass is 600 g/mol. The van der Waals surface area contributed by atoms with E-state index in [1.54, 1.807) is 31.6 Å². The Bertz CT molecular complexity index is 1570. The molecule has 1 atom stereocenters. The Hall–Kier alpha value is -3.37. The lowest BCUT2D eigenvalue weighted by molar-refractivity contribution is -0.139. The van der Waals surface area contributed by atoms with Crippen molar-refractivity contribution in [3.8, 4) is 17.2 Å². The Morgan fingerprint density at radius 2 is 1.84 bits per heavy atom. The number of fused-ring (bicyclic) bond motifs is 1. The number of thiazole rings is 1. The number of nitrogens with zero attached hydrogens (tertiary/aromatic N) is 2. The van der Waals surface area contributed by atoms with Gasteiger partial charge in [-0.2, -0.15) is 0 Å². The van der Waals surface area contributed by atoms with Crippen LogP contribution in [-0.4, -0.2) is 37.5 Å². The average molecular weight is 602 g/mol. The van der Waals surface area contributed by atoms with E-state index in [2.05, 4.69) is 20.9 Å². The molecule has 38 heavy (non-hydrogen) atoms. The molecule has 8 nitrogen and oxygen atoms in total. The van der Waals surface area contributed by atoms with Gasteiger partial charge < -0.3 is 18.9 Å². The number of hydrogen-bond donors (Lipinski definition) is 0. The highest BCUT2D eigenvalue weighted by Crippen LogP contribution is 2.34. The third-order valence-electron chi connectivity index (χ3n) is 5.88. The van der Waals surface area contributed by atoms with Crippen molar-refractivity contribution >= 4 is 39.3 Å². The summed E-state index contributed by atoms with van der Waals surface area (Å²) in [6, 6.07) is 10.3. The maximum atomic E-state index is 13.9. The van der Waals surface area contributed by atoms with Crippen molar-refractivity contribution in [1.82, 2.24) is 4.57 Å². The highest BCUT2D eigenvalue weighted by Gasteiger charge is 2.33. The minimum Gasteiger partial charge on any atom is -0.497 e. The van der Waals surface area contributed by atoms with E-state index < -0.39 is 12.0 Å². The minimum absolute atomic E-state index is 0.206. The summed E-state index contributed by atoms with van der Waals surface area (Å²) >= 11 is 4.81. The summed E-state index contributed by atoms with van der Waals surface area (Å²) in [5.41, 5.74) is 1.98. The van der Waals surface area contributed by atoms with Gasteiger partial charge >= 0.3 is 5.97 Å². The van der Waals surface area contributed by atoms with Gasteiger partial charge in [0.05, 0.1) is 53.2 Å². The quantitative estimate of drug-likeness (QED) is 0.339. The molecule has 0 bridgehead atoms. The molecule has 0 radical (unpaired) electrons. The van der Waals surface area contributed by atoms with Crippen molar-refractivity contribution < 1.29 is 23.7 Å². The summed E-state index contributed by atoms with van der Waals surface area (Å²) in [4.78, 5) is 32.1. The largest absolute Gasteiger partial charge is 0.497 e. The normalized spacial score (nSPS) is 15.1. The van der Waals surface area contributed by atoms with Gasteiger partial charge in [0, 0.05) is 11.6 Å². The topological polar surface area (TPSA) is 88.4 Å². The predicted molar refractivity (Wildman–Crippen MR) is 150 cm³/mol. The molecule has 1 aliphatic rings. The summed E-state index contributed by atoms with van der Waals surface area (Å²) in [5, 5.41) is 0. The van der Waals surface area contributed by atoms with Gasteiger partial charge in [-0.3, -0.25) is 9.36 Å². The summed E-state index contributed by atoms with van der Waals surface area (Å²) in [6.07, 6.45) is 1.78. The van der Waals surface area contributed by atoms with Crippen molar-refractivity contribution in [3.63, 3.8) is 0 Å². The van der Waals surface area contributed by atoms with Gasteiger partial charge in [-0.05, 0) is 73.5 Å². The van der Waals surface area contributed by atoms with Gasteiger partial charge in [0.2, 0.25) is 0 Å². The molecular formula is C28H29BrN2O6S. The van der Waals surface area contributed by atoms with Crippen LogP contribution >= 0.6 is 27.3 Å². The molecule has 0 saturated carbocycles. The number of allylic oxidation sites excluding steroid dienone is 1. The van der Waals surface area contributed by atoms with Crippen LogP contribution in [0.5, 0.6) is 17.2 Å². The third-order valence-corrected chi connectivity index (χ3v) is 7.48. The van der Waals surface area contributed by atoms with E-state index >= 15 is 0 Å². The van der Waals surface area contributed by atoms with Gasteiger partial charge in [0.25, 0.3) is 5.56 Å². The van der Waals surface area contributed by atoms with Crippen LogP contribution in [0.1, 0.15) is 44.9 Å². The van der Waals surface area contributed by atoms with E-state index in [1.807, 2.05) is 50.2 Å². The number of esters is 1. The summed E-state index contributed by atoms with van der Waals surface area (Å²) in [7, 11) is 1.57. The van der Waals surface area contributed by atoms with E-state index in [1.165, 1.54) is 11.3 Å². The smallest absolute Gasteiger partial charge is 0.338 e. The maximum absolute atomic E-state index is 13.9. The van der Waals surface area contributed by atoms with Crippen LogP contribution in [0.25, 0.3) is 6.08 Å². The number of halogens is 1. The zero-order valence-corrected chi connectivity index (χ0v) is 24.3. The van der Waals surface area contributed by atoms with Crippen LogP contribution in [0.15, 0.2) is 61.9 Å². The molecule has 0 aliphatic carbocycles. The first-order valence-electron chi connectivity index (χ1n) is 12.3. The second-order valence-corrected chi connectivity index (χ2v) is 10.1. The van der Waals surface area contributed by atoms with Crippen LogP contribution in [0, 0.1) is 0 Å². The molecule has 3 aromatic rings. The number of carbonyl (C=O) groups is 1. The molecule has 0 fully saturated rings. The van der Waals surface area contributed by atoms with Crippen molar-refractivity contribution in [2.24, 2.45) is 4.99 Å². The summed E-state index contributed by atoms with van der Waals surface area (Å²) in [5.74, 6) is 1.35. The number of carbonyl (C=O) groups excluding carboxylic acids is 1. The van der Waals surface area contributed by atoms with Crippen molar-refractivity contribution in [2.75, 3.05) is 26.9 Å². The Labute approximate surface area is 233 Å². The minimum atomic E-state index is -0.721. The van der Waals surface area contributed by atoms with E-state index in [9.17, 15) is 9.59 Å². The number of ether oxygens (including phenoxy) is 4. The molecule has 2 aromatic carbocycles. The van der Waals surface area contributed by atoms with Crippen LogP contribution in [-0.2, 0) is 9.53 Å². The molecule has 1 aliphatic heterocycles. The first-order chi connectivity index (χ1) is 18.3. The van der Waals surface area contributed by atoms with Crippen LogP contribution < -0.4 is 29.1 Å². The van der Waals surface area contributed by atoms with Crippen molar-refractivity contribution in [2.45, 2.75) is 33.7 Å². The molecule has 1 aromatic heterocycles. The second kappa shape index (κ2) is 12.0. The zero-order chi connectivity index (χ0) is 27.4. The second-order valence-electron chi connectivity index (χ2n) is 8.27. The number of benzene rings is 2. The fourth-order valence-electron chi connectivity index (χ4n) is 4.27. The van der Waals surface area contributed by atoms with Gasteiger partial charge in [0.15, 0.2) is 4.80 Å². The van der Waals surface area contributed by atoms with Crippen molar-refractivity contribution in [3.05, 3.63) is 83.0 Å². The molecular weight excluding hydrogens is 572 g/mol. The number of methoxy groups -OCH3 is 1. The average Bonchev–Trinajstić information content (AvgIpc) is 3.20. The molecule has 4 rings (SSSR count). The predicted octanol–water partition coefficient (Wildman–Crippen LogP) is 4.37. The van der Waals surface area contributed by atoms with E-state index in [0.29, 0.717) is 62.2 Å². The Kier molecular flexibility index (Phi) is 8.73. The van der Waals surface area contributed by atoms with Crippen LogP contribution in [0.4, 0.5) is 0 Å². The SMILES string of the molecule is CCOC(=O)C1=C(C)N=c2s/c(=C\c3cc(Br)c(OCC)cc3OCC)c(=O)n2[C@H]1c1cccc(OC)c1. The van der Waals surface area contributed by atoms with Crippen LogP contribution in [0.2, 0.25) is 0 Å². The molecule has 0 N–H and O–H groups in total. The summed E-state index contributed by atoms with van der Waals surface area (Å²) < 4.78 is 25.1. The Balaban J connectivity index is 1.95. The lowest BCUT2D eigenvalue weighted by Gasteiger charge is -2.25. The molecule has 200 valence electrons. The Morgan fingerprint density at radius 1 is 1.11 bits per heavy atom. The molecule has 0 amide bonds. The highest BCUT2D eigenvalue weighted by atomic mass is 79.9. The number of rotatable bonds is 9. The van der Waals surface area contributed by atoms with Gasteiger partial charge in [-0.25, -0.2) is 9.79 Å². The zero-order valence-electron chi connectivity index (χ0n) is 21.9. The Morgan fingerprint density at radius 3 is 2.53 bits per heavy atom. The molecule has 2 heterocycles. The molecule has 0 unspecified atom stereocenters. The lowest BCUT2D eigenvalue weighted by Crippen LogP contribution is -2.39. The first kappa shape index (κ1) is 27.7. The third kappa shape index (κ3) is 5.42. The molecule has 0 saturated heterocycles. The molecule has 10 heteroatoms.